The highest BCUT2D eigenvalue weighted by molar-refractivity contribution is 8.00. The molecule has 0 spiro atoms. The fourth-order valence-electron chi connectivity index (χ4n) is 5.97. The van der Waals surface area contributed by atoms with Crippen LogP contribution in [0.25, 0.3) is 76.2 Å². The van der Waals surface area contributed by atoms with E-state index in [1.165, 1.54) is 46.3 Å². The molecular weight excluding hydrogens is 551 g/mol. The topological polar surface area (TPSA) is 38.7 Å². The second kappa shape index (κ2) is 9.35. The summed E-state index contributed by atoms with van der Waals surface area (Å²) in [5.74, 6) is 2.00. The van der Waals surface area contributed by atoms with Gasteiger partial charge in [0.05, 0.1) is 0 Å². The van der Waals surface area contributed by atoms with Crippen molar-refractivity contribution in [3.05, 3.63) is 127 Å². The van der Waals surface area contributed by atoms with Gasteiger partial charge in [0.25, 0.3) is 0 Å². The van der Waals surface area contributed by atoms with Crippen molar-refractivity contribution in [1.82, 2.24) is 15.0 Å². The summed E-state index contributed by atoms with van der Waals surface area (Å²) in [5, 5.41) is 5.43. The molecule has 6 aromatic carbocycles. The van der Waals surface area contributed by atoms with E-state index < -0.39 is 0 Å². The van der Waals surface area contributed by atoms with E-state index in [4.69, 9.17) is 15.0 Å². The van der Waals surface area contributed by atoms with Gasteiger partial charge in [-0.1, -0.05) is 109 Å². The first-order valence-corrected chi connectivity index (χ1v) is 15.5. The largest absolute Gasteiger partial charge is 0.208 e. The zero-order chi connectivity index (χ0) is 27.6. The highest BCUT2D eigenvalue weighted by Crippen LogP contribution is 2.53. The Kier molecular flexibility index (Phi) is 5.30. The minimum atomic E-state index is 0.667. The molecule has 0 unspecified atom stereocenters. The van der Waals surface area contributed by atoms with Crippen LogP contribution < -0.4 is 0 Å². The first kappa shape index (κ1) is 23.8. The highest BCUT2D eigenvalue weighted by atomic mass is 32.2. The molecule has 0 radical (unpaired) electrons. The molecular formula is C37H21N3S2. The van der Waals surface area contributed by atoms with Crippen LogP contribution in [0.2, 0.25) is 0 Å². The zero-order valence-electron chi connectivity index (χ0n) is 22.3. The molecule has 0 amide bonds. The number of benzene rings is 6. The number of hydrogen-bond donors (Lipinski definition) is 0. The van der Waals surface area contributed by atoms with Gasteiger partial charge >= 0.3 is 0 Å². The lowest BCUT2D eigenvalue weighted by Gasteiger charge is -2.16. The second-order valence-electron chi connectivity index (χ2n) is 10.4. The van der Waals surface area contributed by atoms with Crippen LogP contribution in [0.3, 0.4) is 0 Å². The third-order valence-electron chi connectivity index (χ3n) is 7.88. The lowest BCUT2D eigenvalue weighted by atomic mass is 9.95. The summed E-state index contributed by atoms with van der Waals surface area (Å²) in [5.41, 5.74) is 5.31. The molecule has 1 aliphatic rings. The summed E-state index contributed by atoms with van der Waals surface area (Å²) in [7, 11) is 0. The Morgan fingerprint density at radius 3 is 1.71 bits per heavy atom. The standard InChI is InChI=1S/C37H21N3S2/c1-3-10-22(11-4-1)35-38-36(23-12-5-2-6-13-23)40-37(39-35)26-16-7-14-24(20-26)27-21-25-15-8-17-28-31(25)33-32-29(41-28)18-9-19-30(32)42-34(27)33/h1-21H. The summed E-state index contributed by atoms with van der Waals surface area (Å²) in [6, 6.07) is 44.6. The molecule has 0 fully saturated rings. The van der Waals surface area contributed by atoms with Crippen LogP contribution in [0.1, 0.15) is 0 Å². The number of rotatable bonds is 4. The fraction of sp³-hybridized carbons (Fsp3) is 0. The van der Waals surface area contributed by atoms with Crippen molar-refractivity contribution in [2.24, 2.45) is 0 Å². The summed E-state index contributed by atoms with van der Waals surface area (Å²) in [6.45, 7) is 0. The molecule has 0 aliphatic carbocycles. The van der Waals surface area contributed by atoms with Gasteiger partial charge in [-0.2, -0.15) is 0 Å². The Bertz CT molecular complexity index is 2270. The molecule has 2 aromatic heterocycles. The van der Waals surface area contributed by atoms with E-state index in [2.05, 4.69) is 66.7 Å². The Hall–Kier alpha value is -4.84. The average Bonchev–Trinajstić information content (AvgIpc) is 3.46. The van der Waals surface area contributed by atoms with Gasteiger partial charge in [-0.25, -0.2) is 15.0 Å². The van der Waals surface area contributed by atoms with Crippen LogP contribution in [0.5, 0.6) is 0 Å². The molecule has 42 heavy (non-hydrogen) atoms. The number of thiophene rings is 1. The molecule has 0 N–H and O–H groups in total. The van der Waals surface area contributed by atoms with Crippen LogP contribution in [0, 0.1) is 0 Å². The minimum Gasteiger partial charge on any atom is -0.208 e. The van der Waals surface area contributed by atoms with Crippen LogP contribution in [-0.4, -0.2) is 15.0 Å². The molecule has 0 saturated heterocycles. The second-order valence-corrected chi connectivity index (χ2v) is 12.6. The summed E-state index contributed by atoms with van der Waals surface area (Å²) in [4.78, 5) is 17.5. The van der Waals surface area contributed by atoms with Gasteiger partial charge in [0.15, 0.2) is 17.5 Å². The van der Waals surface area contributed by atoms with Crippen molar-refractivity contribution in [1.29, 1.82) is 0 Å². The van der Waals surface area contributed by atoms with Gasteiger partial charge in [0.1, 0.15) is 0 Å². The highest BCUT2D eigenvalue weighted by Gasteiger charge is 2.23. The van der Waals surface area contributed by atoms with Crippen molar-refractivity contribution < 1.29 is 0 Å². The van der Waals surface area contributed by atoms with Gasteiger partial charge in [0.2, 0.25) is 0 Å². The van der Waals surface area contributed by atoms with E-state index >= 15 is 0 Å². The quantitative estimate of drug-likeness (QED) is 0.211. The van der Waals surface area contributed by atoms with Gasteiger partial charge < -0.3 is 0 Å². The van der Waals surface area contributed by atoms with E-state index in [0.717, 1.165) is 22.3 Å². The first-order valence-electron chi connectivity index (χ1n) is 13.9. The maximum Gasteiger partial charge on any atom is 0.164 e. The Balaban J connectivity index is 1.27. The number of aromatic nitrogens is 3. The zero-order valence-corrected chi connectivity index (χ0v) is 23.9. The third-order valence-corrected chi connectivity index (χ3v) is 10.2. The minimum absolute atomic E-state index is 0.667. The van der Waals surface area contributed by atoms with E-state index in [1.807, 2.05) is 83.8 Å². The molecule has 0 saturated carbocycles. The number of hydrogen-bond acceptors (Lipinski definition) is 5. The van der Waals surface area contributed by atoms with Crippen molar-refractivity contribution in [2.45, 2.75) is 9.79 Å². The van der Waals surface area contributed by atoms with Gasteiger partial charge in [-0.15, -0.1) is 11.3 Å². The summed E-state index contributed by atoms with van der Waals surface area (Å²) < 4.78 is 2.67. The predicted molar refractivity (Wildman–Crippen MR) is 176 cm³/mol. The Morgan fingerprint density at radius 2 is 1.00 bits per heavy atom. The lowest BCUT2D eigenvalue weighted by Crippen LogP contribution is -2.00. The number of nitrogens with zero attached hydrogens (tertiary/aromatic N) is 3. The predicted octanol–water partition coefficient (Wildman–Crippen LogP) is 10.5. The molecule has 0 atom stereocenters. The maximum atomic E-state index is 4.98. The van der Waals surface area contributed by atoms with Crippen molar-refractivity contribution in [2.75, 3.05) is 0 Å². The van der Waals surface area contributed by atoms with Crippen LogP contribution >= 0.6 is 23.1 Å². The normalized spacial score (nSPS) is 12.2. The summed E-state index contributed by atoms with van der Waals surface area (Å²) >= 11 is 3.78. The molecule has 9 rings (SSSR count). The van der Waals surface area contributed by atoms with E-state index in [0.29, 0.717) is 17.5 Å². The molecule has 3 nitrogen and oxygen atoms in total. The van der Waals surface area contributed by atoms with Crippen LogP contribution in [0.15, 0.2) is 137 Å². The smallest absolute Gasteiger partial charge is 0.164 e. The molecule has 0 bridgehead atoms. The first-order chi connectivity index (χ1) is 20.8. The van der Waals surface area contributed by atoms with E-state index in [9.17, 15) is 0 Å². The maximum absolute atomic E-state index is 4.98. The Labute approximate surface area is 250 Å². The van der Waals surface area contributed by atoms with Crippen molar-refractivity contribution in [3.63, 3.8) is 0 Å². The third kappa shape index (κ3) is 3.71. The SMILES string of the molecule is c1ccc(-c2nc(-c3ccccc3)nc(-c3cccc(-c4cc5cccc6c5c5c4sc4cccc(c45)S6)c3)n2)cc1. The lowest BCUT2D eigenvalue weighted by molar-refractivity contribution is 1.07. The summed E-state index contributed by atoms with van der Waals surface area (Å²) in [6.07, 6.45) is 0. The fourth-order valence-corrected chi connectivity index (χ4v) is 8.47. The van der Waals surface area contributed by atoms with Crippen molar-refractivity contribution >= 4 is 54.0 Å². The van der Waals surface area contributed by atoms with E-state index in [-0.39, 0.29) is 0 Å². The molecule has 5 heteroatoms. The van der Waals surface area contributed by atoms with Gasteiger partial charge in [-0.3, -0.25) is 0 Å². The Morgan fingerprint density at radius 1 is 0.429 bits per heavy atom. The molecule has 3 heterocycles. The van der Waals surface area contributed by atoms with Crippen LogP contribution in [0.4, 0.5) is 0 Å². The van der Waals surface area contributed by atoms with Crippen LogP contribution in [-0.2, 0) is 0 Å². The van der Waals surface area contributed by atoms with Gasteiger partial charge in [-0.05, 0) is 41.3 Å². The molecule has 196 valence electrons. The monoisotopic (exact) mass is 571 g/mol. The molecule has 1 aliphatic heterocycles. The van der Waals surface area contributed by atoms with Crippen molar-refractivity contribution in [3.8, 4) is 45.3 Å². The molecule has 8 aromatic rings. The average molecular weight is 572 g/mol. The van der Waals surface area contributed by atoms with Gasteiger partial charge in [0, 0.05) is 57.6 Å². The van der Waals surface area contributed by atoms with E-state index in [1.54, 1.807) is 0 Å².